The van der Waals surface area contributed by atoms with E-state index in [9.17, 15) is 8.78 Å². The second kappa shape index (κ2) is 4.11. The third-order valence-corrected chi connectivity index (χ3v) is 3.51. The molecule has 1 atom stereocenters. The zero-order valence-corrected chi connectivity index (χ0v) is 9.26. The highest BCUT2D eigenvalue weighted by Crippen LogP contribution is 2.48. The quantitative estimate of drug-likeness (QED) is 0.609. The van der Waals surface area contributed by atoms with Gasteiger partial charge in [0, 0.05) is 6.04 Å². The van der Waals surface area contributed by atoms with Crippen LogP contribution in [0.2, 0.25) is 0 Å². The van der Waals surface area contributed by atoms with E-state index in [-0.39, 0.29) is 17.3 Å². The predicted octanol–water partition coefficient (Wildman–Crippen LogP) is 2.14. The molecule has 0 aromatic heterocycles. The number of rotatable bonds is 4. The minimum Gasteiger partial charge on any atom is -0.271 e. The lowest BCUT2D eigenvalue weighted by Gasteiger charge is -2.22. The van der Waals surface area contributed by atoms with Gasteiger partial charge in [-0.15, -0.1) is 0 Å². The molecular weight excluding hydrogens is 210 g/mol. The van der Waals surface area contributed by atoms with E-state index in [1.165, 1.54) is 6.07 Å². The lowest BCUT2D eigenvalue weighted by molar-refractivity contribution is 0.355. The molecule has 1 aliphatic carbocycles. The van der Waals surface area contributed by atoms with Crippen LogP contribution in [-0.2, 0) is 6.42 Å². The molecule has 0 bridgehead atoms. The van der Waals surface area contributed by atoms with E-state index in [4.69, 9.17) is 5.84 Å². The van der Waals surface area contributed by atoms with Gasteiger partial charge in [0.25, 0.3) is 0 Å². The van der Waals surface area contributed by atoms with Crippen LogP contribution < -0.4 is 11.3 Å². The molecule has 4 heteroatoms. The van der Waals surface area contributed by atoms with Gasteiger partial charge in [0.05, 0.1) is 0 Å². The number of hydrogen-bond acceptors (Lipinski definition) is 2. The van der Waals surface area contributed by atoms with E-state index in [0.29, 0.717) is 12.0 Å². The number of hydrogen-bond donors (Lipinski definition) is 2. The average Bonchev–Trinajstić information content (AvgIpc) is 2.99. The summed E-state index contributed by atoms with van der Waals surface area (Å²) in [6.45, 7) is 2.11. The van der Waals surface area contributed by atoms with Gasteiger partial charge in [-0.25, -0.2) is 8.78 Å². The maximum Gasteiger partial charge on any atom is 0.126 e. The zero-order valence-electron chi connectivity index (χ0n) is 9.26. The number of hydrazine groups is 1. The summed E-state index contributed by atoms with van der Waals surface area (Å²) in [7, 11) is 0. The largest absolute Gasteiger partial charge is 0.271 e. The van der Waals surface area contributed by atoms with Gasteiger partial charge in [-0.05, 0) is 48.4 Å². The monoisotopic (exact) mass is 226 g/mol. The molecule has 0 amide bonds. The molecule has 2 nitrogen and oxygen atoms in total. The summed E-state index contributed by atoms with van der Waals surface area (Å²) in [5.41, 5.74) is 3.23. The molecule has 0 spiro atoms. The van der Waals surface area contributed by atoms with E-state index in [1.807, 2.05) is 0 Å². The standard InChI is InChI=1S/C12H16F2N2/c1-12(4-5-12)11(16-15)7-8-6-9(13)2-3-10(8)14/h2-3,6,11,16H,4-5,7,15H2,1H3. The first-order valence-electron chi connectivity index (χ1n) is 5.45. The molecule has 16 heavy (non-hydrogen) atoms. The van der Waals surface area contributed by atoms with Crippen LogP contribution >= 0.6 is 0 Å². The van der Waals surface area contributed by atoms with Crippen molar-refractivity contribution in [3.63, 3.8) is 0 Å². The van der Waals surface area contributed by atoms with Crippen LogP contribution in [0.15, 0.2) is 18.2 Å². The van der Waals surface area contributed by atoms with Crippen molar-refractivity contribution in [3.05, 3.63) is 35.4 Å². The van der Waals surface area contributed by atoms with Crippen molar-refractivity contribution >= 4 is 0 Å². The topological polar surface area (TPSA) is 38.0 Å². The van der Waals surface area contributed by atoms with Crippen molar-refractivity contribution in [1.29, 1.82) is 0 Å². The van der Waals surface area contributed by atoms with Gasteiger partial charge in [-0.1, -0.05) is 6.92 Å². The van der Waals surface area contributed by atoms with E-state index >= 15 is 0 Å². The molecule has 88 valence electrons. The molecule has 1 aliphatic rings. The molecule has 1 fully saturated rings. The Kier molecular flexibility index (Phi) is 2.95. The summed E-state index contributed by atoms with van der Waals surface area (Å²) in [5.74, 6) is 4.69. The van der Waals surface area contributed by atoms with Gasteiger partial charge < -0.3 is 0 Å². The van der Waals surface area contributed by atoms with Gasteiger partial charge in [-0.3, -0.25) is 11.3 Å². The number of benzene rings is 1. The van der Waals surface area contributed by atoms with Crippen LogP contribution in [0.3, 0.4) is 0 Å². The Morgan fingerprint density at radius 1 is 1.44 bits per heavy atom. The lowest BCUT2D eigenvalue weighted by Crippen LogP contribution is -2.42. The van der Waals surface area contributed by atoms with Crippen molar-refractivity contribution in [2.75, 3.05) is 0 Å². The molecule has 1 aromatic rings. The summed E-state index contributed by atoms with van der Waals surface area (Å²) >= 11 is 0. The Balaban J connectivity index is 2.15. The molecule has 0 heterocycles. The SMILES string of the molecule is CC1(C(Cc2cc(F)ccc2F)NN)CC1. The smallest absolute Gasteiger partial charge is 0.126 e. The van der Waals surface area contributed by atoms with Gasteiger partial charge in [-0.2, -0.15) is 0 Å². The van der Waals surface area contributed by atoms with E-state index < -0.39 is 5.82 Å². The first-order chi connectivity index (χ1) is 7.55. The number of nitrogens with two attached hydrogens (primary N) is 1. The van der Waals surface area contributed by atoms with Crippen LogP contribution in [0, 0.1) is 17.0 Å². The van der Waals surface area contributed by atoms with Crippen LogP contribution in [0.5, 0.6) is 0 Å². The van der Waals surface area contributed by atoms with E-state index in [1.54, 1.807) is 0 Å². The maximum absolute atomic E-state index is 13.4. The second-order valence-electron chi connectivity index (χ2n) is 4.81. The minimum absolute atomic E-state index is 0.00352. The third kappa shape index (κ3) is 2.23. The van der Waals surface area contributed by atoms with Crippen molar-refractivity contribution in [2.45, 2.75) is 32.2 Å². The van der Waals surface area contributed by atoms with Crippen molar-refractivity contribution < 1.29 is 8.78 Å². The maximum atomic E-state index is 13.4. The molecule has 2 rings (SSSR count). The second-order valence-corrected chi connectivity index (χ2v) is 4.81. The van der Waals surface area contributed by atoms with Crippen LogP contribution in [-0.4, -0.2) is 6.04 Å². The highest BCUT2D eigenvalue weighted by atomic mass is 19.1. The molecular formula is C12H16F2N2. The van der Waals surface area contributed by atoms with Gasteiger partial charge in [0.15, 0.2) is 0 Å². The Bertz CT molecular complexity index is 389. The molecule has 1 saturated carbocycles. The Morgan fingerprint density at radius 2 is 2.12 bits per heavy atom. The lowest BCUT2D eigenvalue weighted by atomic mass is 9.92. The minimum atomic E-state index is -0.409. The number of halogens is 2. The Morgan fingerprint density at radius 3 is 2.69 bits per heavy atom. The molecule has 0 saturated heterocycles. The van der Waals surface area contributed by atoms with Crippen molar-refractivity contribution in [3.8, 4) is 0 Å². The van der Waals surface area contributed by atoms with Crippen molar-refractivity contribution in [2.24, 2.45) is 11.3 Å². The summed E-state index contributed by atoms with van der Waals surface area (Å²) in [6.07, 6.45) is 2.59. The fourth-order valence-electron chi connectivity index (χ4n) is 1.97. The fraction of sp³-hybridized carbons (Fsp3) is 0.500. The Labute approximate surface area is 93.8 Å². The van der Waals surface area contributed by atoms with Crippen LogP contribution in [0.1, 0.15) is 25.3 Å². The summed E-state index contributed by atoms with van der Waals surface area (Å²) in [4.78, 5) is 0. The summed E-state index contributed by atoms with van der Waals surface area (Å²) in [5, 5.41) is 0. The van der Waals surface area contributed by atoms with Gasteiger partial charge in [0.2, 0.25) is 0 Å². The number of nitrogens with one attached hydrogen (secondary N) is 1. The van der Waals surface area contributed by atoms with Crippen LogP contribution in [0.4, 0.5) is 8.78 Å². The van der Waals surface area contributed by atoms with Crippen molar-refractivity contribution in [1.82, 2.24) is 5.43 Å². The molecule has 0 aliphatic heterocycles. The van der Waals surface area contributed by atoms with E-state index in [0.717, 1.165) is 25.0 Å². The summed E-state index contributed by atoms with van der Waals surface area (Å²) in [6, 6.07) is 3.53. The van der Waals surface area contributed by atoms with Gasteiger partial charge in [0.1, 0.15) is 11.6 Å². The predicted molar refractivity (Wildman–Crippen MR) is 58.5 cm³/mol. The molecule has 0 radical (unpaired) electrons. The highest BCUT2D eigenvalue weighted by molar-refractivity contribution is 5.21. The fourth-order valence-corrected chi connectivity index (χ4v) is 1.97. The normalized spacial score (nSPS) is 19.5. The van der Waals surface area contributed by atoms with Crippen LogP contribution in [0.25, 0.3) is 0 Å². The highest BCUT2D eigenvalue weighted by Gasteiger charge is 2.44. The third-order valence-electron chi connectivity index (χ3n) is 3.51. The molecule has 3 N–H and O–H groups in total. The first kappa shape index (κ1) is 11.5. The zero-order chi connectivity index (χ0) is 11.8. The molecule has 1 unspecified atom stereocenters. The average molecular weight is 226 g/mol. The Hall–Kier alpha value is -1.00. The molecule has 1 aromatic carbocycles. The first-order valence-corrected chi connectivity index (χ1v) is 5.45. The van der Waals surface area contributed by atoms with Gasteiger partial charge >= 0.3 is 0 Å². The summed E-state index contributed by atoms with van der Waals surface area (Å²) < 4.78 is 26.4. The van der Waals surface area contributed by atoms with E-state index in [2.05, 4.69) is 12.3 Å².